The molecule has 2 saturated carbocycles. The van der Waals surface area contributed by atoms with Crippen LogP contribution in [0.15, 0.2) is 23.3 Å². The first kappa shape index (κ1) is 10.3. The van der Waals surface area contributed by atoms with E-state index in [0.717, 1.165) is 12.8 Å². The third-order valence-electron chi connectivity index (χ3n) is 4.39. The highest BCUT2D eigenvalue weighted by molar-refractivity contribution is 5.84. The van der Waals surface area contributed by atoms with Gasteiger partial charge >= 0.3 is 0 Å². The van der Waals surface area contributed by atoms with Crippen molar-refractivity contribution in [2.24, 2.45) is 11.8 Å². The van der Waals surface area contributed by atoms with Gasteiger partial charge in [0.05, 0.1) is 0 Å². The zero-order chi connectivity index (χ0) is 11.0. The van der Waals surface area contributed by atoms with Crippen molar-refractivity contribution in [3.8, 4) is 0 Å². The van der Waals surface area contributed by atoms with Crippen LogP contribution in [-0.4, -0.2) is 5.78 Å². The van der Waals surface area contributed by atoms with Gasteiger partial charge in [0.15, 0.2) is 0 Å². The average Bonchev–Trinajstić information content (AvgIpc) is 2.49. The van der Waals surface area contributed by atoms with Gasteiger partial charge in [-0.15, -0.1) is 0 Å². The molecule has 3 rings (SSSR count). The van der Waals surface area contributed by atoms with E-state index in [1.54, 1.807) is 5.57 Å². The Balaban J connectivity index is 1.91. The number of carbonyl (C=O) groups excluding carboxylic acids is 1. The van der Waals surface area contributed by atoms with Gasteiger partial charge in [0.1, 0.15) is 5.78 Å². The average molecular weight is 216 g/mol. The molecular formula is C15H20O. The lowest BCUT2D eigenvalue weighted by atomic mass is 9.75. The molecule has 0 radical (unpaired) electrons. The summed E-state index contributed by atoms with van der Waals surface area (Å²) in [6.07, 6.45) is 14.3. The molecule has 0 amide bonds. The van der Waals surface area contributed by atoms with E-state index in [0.29, 0.717) is 11.7 Å². The Bertz CT molecular complexity index is 362. The fourth-order valence-corrected chi connectivity index (χ4v) is 3.48. The minimum Gasteiger partial charge on any atom is -0.299 e. The van der Waals surface area contributed by atoms with E-state index in [9.17, 15) is 4.79 Å². The molecule has 0 aromatic carbocycles. The predicted octanol–water partition coefficient (Wildman–Crippen LogP) is 3.80. The molecule has 2 fully saturated rings. The molecule has 0 spiro atoms. The van der Waals surface area contributed by atoms with Crippen LogP contribution >= 0.6 is 0 Å². The quantitative estimate of drug-likeness (QED) is 0.602. The highest BCUT2D eigenvalue weighted by Crippen LogP contribution is 2.40. The van der Waals surface area contributed by atoms with Crippen molar-refractivity contribution in [3.63, 3.8) is 0 Å². The lowest BCUT2D eigenvalue weighted by Crippen LogP contribution is -2.23. The SMILES string of the molecule is O=C1CCCC[C@H]2C=C3CCCCC3=C[C@H]12. The van der Waals surface area contributed by atoms with Crippen LogP contribution in [0.1, 0.15) is 51.4 Å². The van der Waals surface area contributed by atoms with Crippen molar-refractivity contribution >= 4 is 5.78 Å². The van der Waals surface area contributed by atoms with Crippen LogP contribution in [0, 0.1) is 11.8 Å². The second-order valence-corrected chi connectivity index (χ2v) is 5.49. The van der Waals surface area contributed by atoms with E-state index < -0.39 is 0 Å². The molecule has 0 aliphatic heterocycles. The van der Waals surface area contributed by atoms with Crippen LogP contribution < -0.4 is 0 Å². The Kier molecular flexibility index (Phi) is 2.70. The summed E-state index contributed by atoms with van der Waals surface area (Å²) in [6.45, 7) is 0. The van der Waals surface area contributed by atoms with E-state index in [1.165, 1.54) is 44.1 Å². The second kappa shape index (κ2) is 4.20. The van der Waals surface area contributed by atoms with Gasteiger partial charge in [-0.25, -0.2) is 0 Å². The van der Waals surface area contributed by atoms with Crippen LogP contribution in [0.4, 0.5) is 0 Å². The van der Waals surface area contributed by atoms with E-state index in [1.807, 2.05) is 0 Å². The first-order valence-electron chi connectivity index (χ1n) is 6.79. The van der Waals surface area contributed by atoms with Gasteiger partial charge in [-0.3, -0.25) is 4.79 Å². The maximum Gasteiger partial charge on any atom is 0.140 e. The van der Waals surface area contributed by atoms with Crippen molar-refractivity contribution in [2.75, 3.05) is 0 Å². The third-order valence-corrected chi connectivity index (χ3v) is 4.39. The monoisotopic (exact) mass is 216 g/mol. The summed E-state index contributed by atoms with van der Waals surface area (Å²) in [5.41, 5.74) is 3.07. The predicted molar refractivity (Wildman–Crippen MR) is 65.1 cm³/mol. The van der Waals surface area contributed by atoms with Crippen LogP contribution in [0.2, 0.25) is 0 Å². The molecule has 86 valence electrons. The van der Waals surface area contributed by atoms with Gasteiger partial charge in [-0.05, 0) is 55.6 Å². The lowest BCUT2D eigenvalue weighted by Gasteiger charge is -2.29. The van der Waals surface area contributed by atoms with Crippen molar-refractivity contribution in [3.05, 3.63) is 23.3 Å². The highest BCUT2D eigenvalue weighted by Gasteiger charge is 2.31. The van der Waals surface area contributed by atoms with E-state index in [-0.39, 0.29) is 5.92 Å². The summed E-state index contributed by atoms with van der Waals surface area (Å²) >= 11 is 0. The Morgan fingerprint density at radius 2 is 1.56 bits per heavy atom. The molecular weight excluding hydrogens is 196 g/mol. The summed E-state index contributed by atoms with van der Waals surface area (Å²) in [7, 11) is 0. The normalized spacial score (nSPS) is 34.4. The molecule has 0 aromatic heterocycles. The first-order chi connectivity index (χ1) is 7.84. The van der Waals surface area contributed by atoms with Gasteiger partial charge in [-0.1, -0.05) is 18.6 Å². The Labute approximate surface area is 97.6 Å². The molecule has 0 aromatic rings. The number of fused-ring (bicyclic) bond motifs is 2. The maximum absolute atomic E-state index is 12.0. The minimum atomic E-state index is 0.236. The summed E-state index contributed by atoms with van der Waals surface area (Å²) in [4.78, 5) is 12.0. The van der Waals surface area contributed by atoms with Gasteiger partial charge in [0.2, 0.25) is 0 Å². The number of ketones is 1. The number of hydrogen-bond acceptors (Lipinski definition) is 1. The molecule has 1 nitrogen and oxygen atoms in total. The van der Waals surface area contributed by atoms with E-state index in [2.05, 4.69) is 12.2 Å². The van der Waals surface area contributed by atoms with Gasteiger partial charge in [0.25, 0.3) is 0 Å². The van der Waals surface area contributed by atoms with Crippen molar-refractivity contribution in [1.29, 1.82) is 0 Å². The minimum absolute atomic E-state index is 0.236. The second-order valence-electron chi connectivity index (χ2n) is 5.49. The number of rotatable bonds is 0. The molecule has 1 heteroatoms. The number of hydrogen-bond donors (Lipinski definition) is 0. The Hall–Kier alpha value is -0.850. The highest BCUT2D eigenvalue weighted by atomic mass is 16.1. The number of allylic oxidation sites excluding steroid dienone is 4. The largest absolute Gasteiger partial charge is 0.299 e. The molecule has 0 saturated heterocycles. The fourth-order valence-electron chi connectivity index (χ4n) is 3.48. The van der Waals surface area contributed by atoms with E-state index in [4.69, 9.17) is 0 Å². The standard InChI is InChI=1S/C15H20O/c16-15-8-4-3-7-13-9-11-5-1-2-6-12(11)10-14(13)15/h9-10,13-14H,1-8H2/t13-,14-/m0/s1. The van der Waals surface area contributed by atoms with Gasteiger partial charge in [-0.2, -0.15) is 0 Å². The summed E-state index contributed by atoms with van der Waals surface area (Å²) < 4.78 is 0. The fraction of sp³-hybridized carbons (Fsp3) is 0.667. The van der Waals surface area contributed by atoms with Crippen LogP contribution in [-0.2, 0) is 4.79 Å². The molecule has 2 atom stereocenters. The summed E-state index contributed by atoms with van der Waals surface area (Å²) in [5, 5.41) is 0. The van der Waals surface area contributed by atoms with E-state index >= 15 is 0 Å². The summed E-state index contributed by atoms with van der Waals surface area (Å²) in [6, 6.07) is 0. The molecule has 3 aliphatic carbocycles. The Morgan fingerprint density at radius 3 is 2.38 bits per heavy atom. The lowest BCUT2D eigenvalue weighted by molar-refractivity contribution is -0.122. The number of carbonyl (C=O) groups is 1. The summed E-state index contributed by atoms with van der Waals surface area (Å²) in [5.74, 6) is 1.27. The Morgan fingerprint density at radius 1 is 0.875 bits per heavy atom. The maximum atomic E-state index is 12.0. The molecule has 3 aliphatic rings. The van der Waals surface area contributed by atoms with Crippen LogP contribution in [0.25, 0.3) is 0 Å². The molecule has 0 bridgehead atoms. The van der Waals surface area contributed by atoms with Crippen molar-refractivity contribution in [1.82, 2.24) is 0 Å². The molecule has 0 unspecified atom stereocenters. The third kappa shape index (κ3) is 1.77. The number of Topliss-reactive ketones (excluding diaryl/α,β-unsaturated/α-hetero) is 1. The van der Waals surface area contributed by atoms with Crippen LogP contribution in [0.3, 0.4) is 0 Å². The van der Waals surface area contributed by atoms with Crippen molar-refractivity contribution < 1.29 is 4.79 Å². The zero-order valence-electron chi connectivity index (χ0n) is 9.87. The van der Waals surface area contributed by atoms with Gasteiger partial charge in [0, 0.05) is 12.3 Å². The topological polar surface area (TPSA) is 17.1 Å². The smallest absolute Gasteiger partial charge is 0.140 e. The van der Waals surface area contributed by atoms with Gasteiger partial charge < -0.3 is 0 Å². The molecule has 16 heavy (non-hydrogen) atoms. The van der Waals surface area contributed by atoms with Crippen molar-refractivity contribution in [2.45, 2.75) is 51.4 Å². The molecule has 0 heterocycles. The molecule has 0 N–H and O–H groups in total. The zero-order valence-corrected chi connectivity index (χ0v) is 9.87. The first-order valence-corrected chi connectivity index (χ1v) is 6.79. The van der Waals surface area contributed by atoms with Crippen LogP contribution in [0.5, 0.6) is 0 Å².